The largest absolute Gasteiger partial charge is 0.302 e. The highest BCUT2D eigenvalue weighted by Crippen LogP contribution is 2.64. The van der Waals surface area contributed by atoms with Crippen molar-refractivity contribution in [2.45, 2.75) is 64.7 Å². The molecule has 0 spiro atoms. The minimum absolute atomic E-state index is 0.0683. The van der Waals surface area contributed by atoms with E-state index < -0.39 is 0 Å². The van der Waals surface area contributed by atoms with Crippen LogP contribution in [-0.2, 0) is 9.59 Å². The molecule has 0 bridgehead atoms. The van der Waals surface area contributed by atoms with Crippen LogP contribution in [0.1, 0.15) is 64.7 Å². The lowest BCUT2D eigenvalue weighted by Crippen LogP contribution is -2.51. The van der Waals surface area contributed by atoms with Crippen LogP contribution in [0.3, 0.4) is 0 Å². The second kappa shape index (κ2) is 4.54. The van der Waals surface area contributed by atoms with Crippen molar-refractivity contribution in [1.82, 2.24) is 0 Å². The molecule has 0 radical (unpaired) electrons. The van der Waals surface area contributed by atoms with Crippen LogP contribution in [0.15, 0.2) is 11.6 Å². The molecule has 4 rings (SSSR count). The molecule has 2 nitrogen and oxygen atoms in total. The first-order valence-electron chi connectivity index (χ1n) is 8.81. The number of rotatable bonds is 1. The van der Waals surface area contributed by atoms with Crippen LogP contribution in [0.2, 0.25) is 0 Å². The summed E-state index contributed by atoms with van der Waals surface area (Å²) in [4.78, 5) is 24.5. The van der Waals surface area contributed by atoms with Crippen molar-refractivity contribution in [1.29, 1.82) is 0 Å². The quantitative estimate of drug-likeness (QED) is 0.537. The molecule has 0 aromatic heterocycles. The van der Waals surface area contributed by atoms with Crippen LogP contribution in [0.5, 0.6) is 0 Å². The Kier molecular flexibility index (Phi) is 2.96. The Labute approximate surface area is 127 Å². The molecule has 0 N–H and O–H groups in total. The van der Waals surface area contributed by atoms with E-state index in [0.717, 1.165) is 51.4 Å². The summed E-state index contributed by atoms with van der Waals surface area (Å²) in [7, 11) is 0. The molecular formula is C19H26O2. The lowest BCUT2D eigenvalue weighted by molar-refractivity contribution is -0.135. The Morgan fingerprint density at radius 3 is 2.81 bits per heavy atom. The zero-order chi connectivity index (χ0) is 14.7. The number of carbonyl (C=O) groups excluding carboxylic acids is 2. The van der Waals surface area contributed by atoms with Gasteiger partial charge in [-0.2, -0.15) is 0 Å². The number of hydrogen-bond donors (Lipinski definition) is 0. The van der Waals surface area contributed by atoms with Gasteiger partial charge in [-0.25, -0.2) is 0 Å². The lowest BCUT2D eigenvalue weighted by atomic mass is 9.47. The summed E-state index contributed by atoms with van der Waals surface area (Å²) >= 11 is 0. The van der Waals surface area contributed by atoms with Gasteiger partial charge in [0.25, 0.3) is 0 Å². The van der Waals surface area contributed by atoms with Crippen molar-refractivity contribution >= 4 is 12.1 Å². The molecule has 5 atom stereocenters. The molecule has 114 valence electrons. The maximum absolute atomic E-state index is 12.4. The molecule has 21 heavy (non-hydrogen) atoms. The minimum Gasteiger partial charge on any atom is -0.302 e. The topological polar surface area (TPSA) is 34.1 Å². The predicted octanol–water partition coefficient (Wildman–Crippen LogP) is 4.09. The Hall–Kier alpha value is -0.920. The van der Waals surface area contributed by atoms with Crippen molar-refractivity contribution in [3.63, 3.8) is 0 Å². The van der Waals surface area contributed by atoms with Crippen LogP contribution < -0.4 is 0 Å². The second-order valence-electron chi connectivity index (χ2n) is 8.11. The third-order valence-corrected chi connectivity index (χ3v) is 7.55. The molecule has 0 amide bonds. The zero-order valence-corrected chi connectivity index (χ0v) is 13.1. The van der Waals surface area contributed by atoms with Crippen molar-refractivity contribution < 1.29 is 9.59 Å². The second-order valence-corrected chi connectivity index (χ2v) is 8.11. The number of hydrogen-bond acceptors (Lipinski definition) is 2. The average molecular weight is 286 g/mol. The fourth-order valence-electron chi connectivity index (χ4n) is 6.42. The summed E-state index contributed by atoms with van der Waals surface area (Å²) in [5, 5.41) is 0. The molecule has 0 aliphatic heterocycles. The number of allylic oxidation sites excluding steroid dienone is 2. The summed E-state index contributed by atoms with van der Waals surface area (Å²) in [5.74, 6) is 2.16. The van der Waals surface area contributed by atoms with Gasteiger partial charge in [0.2, 0.25) is 0 Å². The Morgan fingerprint density at radius 2 is 2.00 bits per heavy atom. The van der Waals surface area contributed by atoms with E-state index in [-0.39, 0.29) is 10.8 Å². The summed E-state index contributed by atoms with van der Waals surface area (Å²) in [6, 6.07) is 0. The maximum atomic E-state index is 12.4. The summed E-state index contributed by atoms with van der Waals surface area (Å²) < 4.78 is 0. The standard InChI is InChI=1S/C19H26O2/c1-18-11-9-16-14(15(18)7-8-17(18)21)6-5-13-4-2-3-10-19(13,16)12-20/h4,12,14-16H,2-3,5-11H2,1H3/t14-,15-,16-,18-,19+/m0/s1. The monoisotopic (exact) mass is 286 g/mol. The summed E-state index contributed by atoms with van der Waals surface area (Å²) in [5.41, 5.74) is 1.22. The third kappa shape index (κ3) is 1.65. The number of carbonyl (C=O) groups is 2. The molecule has 4 aliphatic rings. The van der Waals surface area contributed by atoms with Crippen LogP contribution >= 0.6 is 0 Å². The predicted molar refractivity (Wildman–Crippen MR) is 81.7 cm³/mol. The van der Waals surface area contributed by atoms with Crippen molar-refractivity contribution in [2.24, 2.45) is 28.6 Å². The van der Waals surface area contributed by atoms with E-state index in [1.54, 1.807) is 0 Å². The van der Waals surface area contributed by atoms with Gasteiger partial charge < -0.3 is 4.79 Å². The van der Waals surface area contributed by atoms with Gasteiger partial charge in [-0.1, -0.05) is 18.6 Å². The average Bonchev–Trinajstić information content (AvgIpc) is 2.82. The smallest absolute Gasteiger partial charge is 0.139 e. The first kappa shape index (κ1) is 13.7. The molecule has 0 saturated heterocycles. The van der Waals surface area contributed by atoms with E-state index in [4.69, 9.17) is 0 Å². The van der Waals surface area contributed by atoms with Gasteiger partial charge in [0.15, 0.2) is 0 Å². The molecular weight excluding hydrogens is 260 g/mol. The fraction of sp³-hybridized carbons (Fsp3) is 0.789. The number of Topliss-reactive ketones (excluding diaryl/α,β-unsaturated/α-hetero) is 1. The van der Waals surface area contributed by atoms with E-state index in [0.29, 0.717) is 23.5 Å². The SMILES string of the molecule is C[C@]12CC[C@H]3[C@@H](CCC4=CCCC[C@@]43C=O)[C@@H]1CCC2=O. The Bertz CT molecular complexity index is 520. The van der Waals surface area contributed by atoms with Crippen LogP contribution in [0.4, 0.5) is 0 Å². The molecule has 4 aliphatic carbocycles. The van der Waals surface area contributed by atoms with E-state index in [1.165, 1.54) is 18.3 Å². The molecule has 0 heterocycles. The number of ketones is 1. The van der Waals surface area contributed by atoms with Gasteiger partial charge in [-0.05, 0) is 69.1 Å². The summed E-state index contributed by atoms with van der Waals surface area (Å²) in [6.07, 6.45) is 13.3. The van der Waals surface area contributed by atoms with Gasteiger partial charge in [0.05, 0.1) is 0 Å². The molecule has 0 aromatic carbocycles. The lowest BCUT2D eigenvalue weighted by Gasteiger charge is -2.56. The first-order chi connectivity index (χ1) is 10.1. The highest BCUT2D eigenvalue weighted by Gasteiger charge is 2.59. The van der Waals surface area contributed by atoms with E-state index in [2.05, 4.69) is 13.0 Å². The van der Waals surface area contributed by atoms with Gasteiger partial charge in [0.1, 0.15) is 12.1 Å². The molecule has 0 unspecified atom stereocenters. The Balaban J connectivity index is 1.73. The normalized spacial score (nSPS) is 48.9. The van der Waals surface area contributed by atoms with E-state index >= 15 is 0 Å². The van der Waals surface area contributed by atoms with Crippen LogP contribution in [0, 0.1) is 28.6 Å². The van der Waals surface area contributed by atoms with E-state index in [1.807, 2.05) is 0 Å². The molecule has 3 fully saturated rings. The first-order valence-corrected chi connectivity index (χ1v) is 8.81. The van der Waals surface area contributed by atoms with Crippen molar-refractivity contribution in [3.8, 4) is 0 Å². The minimum atomic E-state index is -0.159. The Morgan fingerprint density at radius 1 is 1.14 bits per heavy atom. The van der Waals surface area contributed by atoms with Crippen LogP contribution in [-0.4, -0.2) is 12.1 Å². The highest BCUT2D eigenvalue weighted by molar-refractivity contribution is 5.87. The number of fused-ring (bicyclic) bond motifs is 5. The third-order valence-electron chi connectivity index (χ3n) is 7.55. The van der Waals surface area contributed by atoms with E-state index in [9.17, 15) is 9.59 Å². The van der Waals surface area contributed by atoms with Crippen LogP contribution in [0.25, 0.3) is 0 Å². The molecule has 3 saturated carbocycles. The maximum Gasteiger partial charge on any atom is 0.139 e. The summed E-state index contributed by atoms with van der Waals surface area (Å²) in [6.45, 7) is 2.21. The van der Waals surface area contributed by atoms with Crippen molar-refractivity contribution in [2.75, 3.05) is 0 Å². The van der Waals surface area contributed by atoms with Gasteiger partial charge >= 0.3 is 0 Å². The fourth-order valence-corrected chi connectivity index (χ4v) is 6.42. The number of aldehydes is 1. The van der Waals surface area contributed by atoms with Gasteiger partial charge in [-0.3, -0.25) is 4.79 Å². The highest BCUT2D eigenvalue weighted by atomic mass is 16.1. The zero-order valence-electron chi connectivity index (χ0n) is 13.1. The molecule has 2 heteroatoms. The molecule has 0 aromatic rings. The van der Waals surface area contributed by atoms with Crippen molar-refractivity contribution in [3.05, 3.63) is 11.6 Å². The van der Waals surface area contributed by atoms with Gasteiger partial charge in [-0.15, -0.1) is 0 Å². The van der Waals surface area contributed by atoms with Gasteiger partial charge in [0, 0.05) is 17.3 Å².